The molecule has 0 aromatic heterocycles. The molecule has 2 aliphatic rings. The standard InChI is InChI=1S/C28H29Cl2N3O5/c1-7-37-25(35)21-22(26(36)38-8-2)28(33(24(21)34)27(3,4)5)23(17-11-9-10-12-20(17)32(28)6)31-19-14-13-16(29)15-18(19)30/h9-15H,7-8H2,1-6H3. The molecule has 2 aromatic carbocycles. The van der Waals surface area contributed by atoms with Crippen LogP contribution in [-0.4, -0.2) is 59.9 Å². The summed E-state index contributed by atoms with van der Waals surface area (Å²) in [6, 6.07) is 12.3. The number of halogens is 2. The van der Waals surface area contributed by atoms with Gasteiger partial charge in [0.2, 0.25) is 0 Å². The fourth-order valence-corrected chi connectivity index (χ4v) is 5.59. The first-order valence-electron chi connectivity index (χ1n) is 12.2. The number of amides is 1. The highest BCUT2D eigenvalue weighted by Crippen LogP contribution is 2.52. The lowest BCUT2D eigenvalue weighted by Gasteiger charge is -2.49. The number of benzene rings is 2. The zero-order valence-corrected chi connectivity index (χ0v) is 23.6. The van der Waals surface area contributed by atoms with Crippen molar-refractivity contribution in [1.82, 2.24) is 4.90 Å². The van der Waals surface area contributed by atoms with Crippen molar-refractivity contribution in [3.63, 3.8) is 0 Å². The topological polar surface area (TPSA) is 88.5 Å². The predicted octanol–water partition coefficient (Wildman–Crippen LogP) is 5.32. The van der Waals surface area contributed by atoms with E-state index in [1.807, 2.05) is 45.0 Å². The molecule has 1 spiro atoms. The Morgan fingerprint density at radius 2 is 1.63 bits per heavy atom. The Hall–Kier alpha value is -3.36. The molecule has 2 aromatic rings. The molecule has 0 fully saturated rings. The summed E-state index contributed by atoms with van der Waals surface area (Å²) in [5, 5.41) is 0.716. The van der Waals surface area contributed by atoms with E-state index in [0.717, 1.165) is 0 Å². The smallest absolute Gasteiger partial charge is 0.344 e. The Morgan fingerprint density at radius 1 is 1.00 bits per heavy atom. The van der Waals surface area contributed by atoms with Gasteiger partial charge in [-0.2, -0.15) is 0 Å². The molecule has 0 saturated carbocycles. The van der Waals surface area contributed by atoms with Crippen molar-refractivity contribution in [2.24, 2.45) is 4.99 Å². The molecule has 2 heterocycles. The Morgan fingerprint density at radius 3 is 2.24 bits per heavy atom. The number of esters is 2. The Bertz CT molecular complexity index is 1400. The van der Waals surface area contributed by atoms with Crippen LogP contribution in [0, 0.1) is 0 Å². The Balaban J connectivity index is 2.19. The summed E-state index contributed by atoms with van der Waals surface area (Å²) < 4.78 is 10.7. The van der Waals surface area contributed by atoms with Gasteiger partial charge in [-0.25, -0.2) is 14.6 Å². The van der Waals surface area contributed by atoms with Gasteiger partial charge < -0.3 is 19.3 Å². The maximum absolute atomic E-state index is 14.2. The zero-order valence-electron chi connectivity index (χ0n) is 22.1. The van der Waals surface area contributed by atoms with Crippen molar-refractivity contribution in [3.8, 4) is 0 Å². The minimum absolute atomic E-state index is 0.0195. The van der Waals surface area contributed by atoms with Crippen molar-refractivity contribution >= 4 is 58.1 Å². The normalized spacial score (nSPS) is 20.0. The molecule has 2 aliphatic heterocycles. The molecule has 200 valence electrons. The van der Waals surface area contributed by atoms with Gasteiger partial charge in [-0.05, 0) is 58.9 Å². The van der Waals surface area contributed by atoms with Gasteiger partial charge in [0.1, 0.15) is 16.9 Å². The Labute approximate surface area is 231 Å². The van der Waals surface area contributed by atoms with E-state index in [-0.39, 0.29) is 29.4 Å². The number of carbonyl (C=O) groups excluding carboxylic acids is 3. The minimum Gasteiger partial charge on any atom is -0.462 e. The van der Waals surface area contributed by atoms with E-state index < -0.39 is 29.0 Å². The van der Waals surface area contributed by atoms with E-state index in [0.29, 0.717) is 27.7 Å². The molecule has 1 amide bonds. The number of ether oxygens (including phenoxy) is 2. The maximum Gasteiger partial charge on any atom is 0.344 e. The molecule has 4 rings (SSSR count). The summed E-state index contributed by atoms with van der Waals surface area (Å²) in [7, 11) is 1.75. The fraction of sp³-hybridized carbons (Fsp3) is 0.357. The monoisotopic (exact) mass is 557 g/mol. The summed E-state index contributed by atoms with van der Waals surface area (Å²) in [5.41, 5.74) is -0.981. The number of anilines is 1. The van der Waals surface area contributed by atoms with Crippen LogP contribution in [0.2, 0.25) is 10.0 Å². The van der Waals surface area contributed by atoms with Gasteiger partial charge in [-0.3, -0.25) is 4.79 Å². The van der Waals surface area contributed by atoms with Crippen LogP contribution in [0.5, 0.6) is 0 Å². The molecule has 0 radical (unpaired) electrons. The number of nitrogens with zero attached hydrogens (tertiary/aromatic N) is 3. The third kappa shape index (κ3) is 4.16. The molecule has 8 nitrogen and oxygen atoms in total. The number of hydrogen-bond donors (Lipinski definition) is 0. The van der Waals surface area contributed by atoms with E-state index >= 15 is 0 Å². The highest BCUT2D eigenvalue weighted by Gasteiger charge is 2.67. The average molecular weight is 558 g/mol. The summed E-state index contributed by atoms with van der Waals surface area (Å²) >= 11 is 12.7. The van der Waals surface area contributed by atoms with Gasteiger partial charge in [0.25, 0.3) is 5.91 Å². The van der Waals surface area contributed by atoms with Crippen LogP contribution in [0.25, 0.3) is 0 Å². The second-order valence-electron chi connectivity index (χ2n) is 9.81. The first-order valence-corrected chi connectivity index (χ1v) is 13.0. The zero-order chi connectivity index (χ0) is 28.0. The van der Waals surface area contributed by atoms with Gasteiger partial charge in [-0.1, -0.05) is 41.4 Å². The van der Waals surface area contributed by atoms with Gasteiger partial charge in [-0.15, -0.1) is 0 Å². The van der Waals surface area contributed by atoms with Gasteiger partial charge in [0.15, 0.2) is 5.66 Å². The first kappa shape index (κ1) is 27.7. The van der Waals surface area contributed by atoms with Crippen molar-refractivity contribution in [3.05, 3.63) is 69.2 Å². The van der Waals surface area contributed by atoms with E-state index in [9.17, 15) is 14.4 Å². The lowest BCUT2D eigenvalue weighted by molar-refractivity contribution is -0.143. The van der Waals surface area contributed by atoms with Crippen LogP contribution in [-0.2, 0) is 23.9 Å². The number of hydrogen-bond acceptors (Lipinski definition) is 7. The lowest BCUT2D eigenvalue weighted by Crippen LogP contribution is -2.67. The molecule has 38 heavy (non-hydrogen) atoms. The van der Waals surface area contributed by atoms with Crippen LogP contribution >= 0.6 is 23.2 Å². The van der Waals surface area contributed by atoms with E-state index in [1.165, 1.54) is 4.90 Å². The number of fused-ring (bicyclic) bond motifs is 1. The van der Waals surface area contributed by atoms with Crippen molar-refractivity contribution < 1.29 is 23.9 Å². The highest BCUT2D eigenvalue weighted by atomic mass is 35.5. The number of aliphatic imine (C=N–C) groups is 1. The molecular weight excluding hydrogens is 529 g/mol. The average Bonchev–Trinajstić information content (AvgIpc) is 3.25. The predicted molar refractivity (Wildman–Crippen MR) is 147 cm³/mol. The summed E-state index contributed by atoms with van der Waals surface area (Å²) in [5.74, 6) is -2.38. The second kappa shape index (κ2) is 10.1. The number of likely N-dealkylation sites (N-methyl/N-ethyl adjacent to an activating group) is 1. The molecular formula is C28H29Cl2N3O5. The molecule has 0 saturated heterocycles. The van der Waals surface area contributed by atoms with Crippen molar-refractivity contribution in [2.75, 3.05) is 25.2 Å². The molecule has 0 aliphatic carbocycles. The largest absolute Gasteiger partial charge is 0.462 e. The van der Waals surface area contributed by atoms with Crippen molar-refractivity contribution in [2.45, 2.75) is 45.8 Å². The molecule has 0 N–H and O–H groups in total. The fourth-order valence-electron chi connectivity index (χ4n) is 5.14. The maximum atomic E-state index is 14.2. The lowest BCUT2D eigenvalue weighted by atomic mass is 9.88. The third-order valence-electron chi connectivity index (χ3n) is 6.45. The van der Waals surface area contributed by atoms with E-state index in [4.69, 9.17) is 37.7 Å². The summed E-state index contributed by atoms with van der Waals surface area (Å²) in [4.78, 5) is 49.5. The van der Waals surface area contributed by atoms with E-state index in [1.54, 1.807) is 44.0 Å². The van der Waals surface area contributed by atoms with Crippen molar-refractivity contribution in [1.29, 1.82) is 0 Å². The van der Waals surface area contributed by atoms with Crippen LogP contribution in [0.15, 0.2) is 58.6 Å². The van der Waals surface area contributed by atoms with Gasteiger partial charge >= 0.3 is 11.9 Å². The van der Waals surface area contributed by atoms with Gasteiger partial charge in [0.05, 0.1) is 23.9 Å². The number of rotatable bonds is 5. The highest BCUT2D eigenvalue weighted by molar-refractivity contribution is 6.37. The van der Waals surface area contributed by atoms with Crippen LogP contribution in [0.1, 0.15) is 40.2 Å². The Kier molecular flexibility index (Phi) is 7.34. The third-order valence-corrected chi connectivity index (χ3v) is 6.99. The second-order valence-corrected chi connectivity index (χ2v) is 10.7. The van der Waals surface area contributed by atoms with Crippen LogP contribution in [0.3, 0.4) is 0 Å². The van der Waals surface area contributed by atoms with Crippen LogP contribution in [0.4, 0.5) is 11.4 Å². The minimum atomic E-state index is -1.64. The quantitative estimate of drug-likeness (QED) is 0.365. The number of para-hydroxylation sites is 1. The van der Waals surface area contributed by atoms with Crippen LogP contribution < -0.4 is 4.90 Å². The molecule has 1 unspecified atom stereocenters. The SMILES string of the molecule is CCOC(=O)C1=C(C(=O)OCC)C2(C(=Nc3ccc(Cl)cc3Cl)c3ccccc3N2C)N(C(C)(C)C)C1=O. The summed E-state index contributed by atoms with van der Waals surface area (Å²) in [6.45, 7) is 8.82. The number of carbonyl (C=O) groups is 3. The first-order chi connectivity index (χ1) is 17.9. The summed E-state index contributed by atoms with van der Waals surface area (Å²) in [6.07, 6.45) is 0. The van der Waals surface area contributed by atoms with Gasteiger partial charge in [0, 0.05) is 28.9 Å². The molecule has 10 heteroatoms. The van der Waals surface area contributed by atoms with E-state index in [2.05, 4.69) is 0 Å². The molecule has 0 bridgehead atoms. The molecule has 1 atom stereocenters.